The number of aliphatic imine (C=N–C) groups is 2. The predicted molar refractivity (Wildman–Crippen MR) is 319 cm³/mol. The average Bonchev–Trinajstić information content (AvgIpc) is 3.88. The van der Waals surface area contributed by atoms with E-state index in [1.165, 1.54) is 102 Å². The molecule has 12 nitrogen and oxygen atoms in total. The van der Waals surface area contributed by atoms with Crippen LogP contribution in [0.15, 0.2) is 168 Å². The van der Waals surface area contributed by atoms with Crippen molar-refractivity contribution in [2.45, 2.75) is 41.5 Å². The Morgan fingerprint density at radius 3 is 0.947 bits per heavy atom. The van der Waals surface area contributed by atoms with Gasteiger partial charge < -0.3 is 50.7 Å². The van der Waals surface area contributed by atoms with Crippen LogP contribution in [0.5, 0.6) is 23.0 Å². The molecule has 0 bridgehead atoms. The van der Waals surface area contributed by atoms with E-state index in [4.69, 9.17) is 30.4 Å². The first-order chi connectivity index (χ1) is 36.6. The molecule has 0 aliphatic carbocycles. The zero-order valence-corrected chi connectivity index (χ0v) is 46.6. The number of hydrogen-bond donors (Lipinski definition) is 6. The number of fused-ring (bicyclic) bond motifs is 4. The van der Waals surface area contributed by atoms with Gasteiger partial charge in [0.1, 0.15) is 44.7 Å². The summed E-state index contributed by atoms with van der Waals surface area (Å²) in [6.07, 6.45) is 0. The Bertz CT molecular complexity index is 2750. The van der Waals surface area contributed by atoms with Crippen molar-refractivity contribution in [3.8, 4) is 23.0 Å². The molecule has 14 heteroatoms. The number of para-hydroxylation sites is 4. The summed E-state index contributed by atoms with van der Waals surface area (Å²) in [5, 5.41) is 44.1. The van der Waals surface area contributed by atoms with E-state index in [1.807, 2.05) is 0 Å². The third kappa shape index (κ3) is 16.7. The van der Waals surface area contributed by atoms with Gasteiger partial charge in [-0.1, -0.05) is 95.1 Å². The lowest BCUT2D eigenvalue weighted by atomic mass is 10.2. The maximum atomic E-state index is 8.65. The Morgan fingerprint density at radius 1 is 0.382 bits per heavy atom. The van der Waals surface area contributed by atoms with Crippen LogP contribution in [0.3, 0.4) is 0 Å². The number of phenolic OH excluding ortho intramolecular Hbond substituents is 4. The molecule has 0 spiro atoms. The molecule has 0 unspecified atom stereocenters. The van der Waals surface area contributed by atoms with E-state index in [1.54, 1.807) is 22.7 Å². The van der Waals surface area contributed by atoms with E-state index < -0.39 is 0 Å². The van der Waals surface area contributed by atoms with Crippen molar-refractivity contribution in [2.75, 3.05) is 77.1 Å². The summed E-state index contributed by atoms with van der Waals surface area (Å²) in [6, 6.07) is 49.5. The standard InChI is InChI=1S/2C17H20N4S.2C8H10.2C6H6O2/c2*1-12-11-13-16(21-9-7-20(2)8-10-21)18-14-5-3-4-6-15(14)19-17(13)22-12;2*1-7-3-5-8(2)6-4-7;2*7-5-1-2-6(8)4-3-5/h2*3-6,11,19H,7-10H2,1-2H3;2*3-6H,1-2H3;2*1-4,7-8H. The Morgan fingerprint density at radius 2 is 0.658 bits per heavy atom. The van der Waals surface area contributed by atoms with Gasteiger partial charge in [-0.2, -0.15) is 0 Å². The summed E-state index contributed by atoms with van der Waals surface area (Å²) >= 11 is 3.61. The molecule has 12 rings (SSSR count). The van der Waals surface area contributed by atoms with Crippen LogP contribution < -0.4 is 10.6 Å². The topological polar surface area (TPSA) is 143 Å². The first-order valence-electron chi connectivity index (χ1n) is 25.6. The molecule has 6 aromatic carbocycles. The number of aryl methyl sites for hydroxylation is 6. The second-order valence-electron chi connectivity index (χ2n) is 19.3. The lowest BCUT2D eigenvalue weighted by Crippen LogP contribution is -2.47. The van der Waals surface area contributed by atoms with Crippen molar-refractivity contribution in [1.29, 1.82) is 0 Å². The van der Waals surface area contributed by atoms with Crippen molar-refractivity contribution in [1.82, 2.24) is 19.6 Å². The second-order valence-corrected chi connectivity index (χ2v) is 21.8. The maximum absolute atomic E-state index is 8.65. The summed E-state index contributed by atoms with van der Waals surface area (Å²) in [5.41, 5.74) is 12.0. The van der Waals surface area contributed by atoms with Crippen LogP contribution in [0.4, 0.5) is 32.8 Å². The van der Waals surface area contributed by atoms with Gasteiger partial charge in [0.25, 0.3) is 0 Å². The highest BCUT2D eigenvalue weighted by Gasteiger charge is 2.27. The van der Waals surface area contributed by atoms with Gasteiger partial charge in [-0.25, -0.2) is 9.98 Å². The average molecular weight is 1060 g/mol. The van der Waals surface area contributed by atoms with Gasteiger partial charge >= 0.3 is 0 Å². The van der Waals surface area contributed by atoms with E-state index in [9.17, 15) is 0 Å². The normalized spacial score (nSPS) is 14.3. The van der Waals surface area contributed by atoms with E-state index in [-0.39, 0.29) is 23.0 Å². The number of anilines is 4. The van der Waals surface area contributed by atoms with Crippen molar-refractivity contribution < 1.29 is 20.4 Å². The van der Waals surface area contributed by atoms with Gasteiger partial charge in [0.05, 0.1) is 33.9 Å². The Labute approximate surface area is 457 Å². The number of amidine groups is 2. The predicted octanol–water partition coefficient (Wildman–Crippen LogP) is 13.7. The minimum Gasteiger partial charge on any atom is -0.508 e. The highest BCUT2D eigenvalue weighted by atomic mass is 32.1. The van der Waals surface area contributed by atoms with E-state index in [2.05, 4.69) is 195 Å². The molecule has 0 amide bonds. The molecule has 396 valence electrons. The molecule has 6 heterocycles. The number of likely N-dealkylation sites (N-methyl/N-ethyl adjacent to an activating group) is 2. The Kier molecular flexibility index (Phi) is 20.1. The van der Waals surface area contributed by atoms with E-state index in [0.29, 0.717) is 0 Å². The summed E-state index contributed by atoms with van der Waals surface area (Å²) in [4.78, 5) is 22.3. The highest BCUT2D eigenvalue weighted by molar-refractivity contribution is 7.17. The van der Waals surface area contributed by atoms with Crippen molar-refractivity contribution in [2.24, 2.45) is 9.98 Å². The zero-order chi connectivity index (χ0) is 54.1. The molecule has 0 atom stereocenters. The SMILES string of the molecule is Cc1cc2c(s1)Nc1ccccc1N=C2N1CCN(C)CC1.Cc1cc2c(s1)Nc1ccccc1N=C2N1CCN(C)CC1.Cc1ccc(C)cc1.Cc1ccc(C)cc1.Oc1ccc(O)cc1.Oc1ccc(O)cc1. The maximum Gasteiger partial charge on any atom is 0.139 e. The monoisotopic (exact) mass is 1060 g/mol. The lowest BCUT2D eigenvalue weighted by Gasteiger charge is -2.34. The van der Waals surface area contributed by atoms with Gasteiger partial charge in [-0.3, -0.25) is 0 Å². The zero-order valence-electron chi connectivity index (χ0n) is 45.0. The van der Waals surface area contributed by atoms with Crippen LogP contribution in [0.25, 0.3) is 0 Å². The molecule has 8 aromatic rings. The first kappa shape index (κ1) is 56.1. The van der Waals surface area contributed by atoms with Crippen LogP contribution in [-0.2, 0) is 0 Å². The smallest absolute Gasteiger partial charge is 0.139 e. The van der Waals surface area contributed by atoms with Gasteiger partial charge in [0.15, 0.2) is 0 Å². The molecular formula is C62H72N8O4S2. The molecule has 6 N–H and O–H groups in total. The second kappa shape index (κ2) is 27.3. The van der Waals surface area contributed by atoms with Gasteiger partial charge in [0, 0.05) is 62.1 Å². The number of piperazine rings is 2. The fraction of sp³-hybridized carbons (Fsp3) is 0.258. The largest absolute Gasteiger partial charge is 0.508 e. The Balaban J connectivity index is 0.000000143. The number of nitrogens with zero attached hydrogens (tertiary/aromatic N) is 6. The molecule has 4 aliphatic rings. The molecule has 0 radical (unpaired) electrons. The van der Waals surface area contributed by atoms with Crippen LogP contribution in [0.2, 0.25) is 0 Å². The number of nitrogens with one attached hydrogen (secondary N) is 2. The first-order valence-corrected chi connectivity index (χ1v) is 27.2. The van der Waals surface area contributed by atoms with Gasteiger partial charge in [-0.15, -0.1) is 22.7 Å². The lowest BCUT2D eigenvalue weighted by molar-refractivity contribution is 0.216. The number of aromatic hydroxyl groups is 4. The van der Waals surface area contributed by atoms with Crippen molar-refractivity contribution in [3.05, 3.63) is 201 Å². The van der Waals surface area contributed by atoms with Crippen molar-refractivity contribution in [3.63, 3.8) is 0 Å². The molecule has 0 saturated carbocycles. The third-order valence-corrected chi connectivity index (χ3v) is 14.6. The molecule has 2 fully saturated rings. The Hall–Kier alpha value is -7.62. The summed E-state index contributed by atoms with van der Waals surface area (Å²) in [7, 11) is 4.37. The third-order valence-electron chi connectivity index (χ3n) is 12.7. The number of thiophene rings is 2. The molecule has 4 aliphatic heterocycles. The fourth-order valence-electron chi connectivity index (χ4n) is 8.19. The van der Waals surface area contributed by atoms with Crippen LogP contribution in [-0.4, -0.2) is 118 Å². The molecular weight excluding hydrogens is 985 g/mol. The van der Waals surface area contributed by atoms with E-state index >= 15 is 0 Å². The summed E-state index contributed by atoms with van der Waals surface area (Å²) in [5.74, 6) is 2.91. The fourth-order valence-corrected chi connectivity index (χ4v) is 10.0. The van der Waals surface area contributed by atoms with Gasteiger partial charge in [0.2, 0.25) is 0 Å². The van der Waals surface area contributed by atoms with Crippen LogP contribution in [0.1, 0.15) is 43.1 Å². The quantitative estimate of drug-likeness (QED) is 0.0813. The van der Waals surface area contributed by atoms with Gasteiger partial charge in [-0.05, 0) is 141 Å². The summed E-state index contributed by atoms with van der Waals surface area (Å²) < 4.78 is 0. The summed E-state index contributed by atoms with van der Waals surface area (Å²) in [6.45, 7) is 21.2. The molecule has 76 heavy (non-hydrogen) atoms. The minimum atomic E-state index is 0.169. The molecule has 2 aromatic heterocycles. The number of rotatable bonds is 0. The van der Waals surface area contributed by atoms with Crippen LogP contribution in [0, 0.1) is 41.5 Å². The highest BCUT2D eigenvalue weighted by Crippen LogP contribution is 2.40. The minimum absolute atomic E-state index is 0.169. The van der Waals surface area contributed by atoms with Crippen molar-refractivity contribution >= 4 is 67.1 Å². The van der Waals surface area contributed by atoms with E-state index in [0.717, 1.165) is 86.8 Å². The van der Waals surface area contributed by atoms with Crippen LogP contribution >= 0.6 is 22.7 Å². The molecule has 2 saturated heterocycles. The number of hydrogen-bond acceptors (Lipinski definition) is 14. The number of phenols is 4. The number of benzene rings is 6.